The van der Waals surface area contributed by atoms with E-state index in [1.165, 1.54) is 0 Å². The van der Waals surface area contributed by atoms with Crippen LogP contribution in [0.25, 0.3) is 11.4 Å². The van der Waals surface area contributed by atoms with E-state index in [0.29, 0.717) is 17.6 Å². The third kappa shape index (κ3) is 2.44. The lowest BCUT2D eigenvalue weighted by molar-refractivity contribution is 0.255. The average Bonchev–Trinajstić information content (AvgIpc) is 3.12. The van der Waals surface area contributed by atoms with E-state index in [0.717, 1.165) is 24.8 Å². The van der Waals surface area contributed by atoms with Crippen LogP contribution in [0.15, 0.2) is 34.9 Å². The molecular formula is C15H17N3O3S. The molecule has 0 N–H and O–H groups in total. The Labute approximate surface area is 129 Å². The lowest BCUT2D eigenvalue weighted by atomic mass is 10.1. The summed E-state index contributed by atoms with van der Waals surface area (Å²) in [4.78, 5) is 4.34. The summed E-state index contributed by atoms with van der Waals surface area (Å²) in [7, 11) is -3.21. The van der Waals surface area contributed by atoms with E-state index in [1.54, 1.807) is 4.31 Å². The Morgan fingerprint density at radius 3 is 2.86 bits per heavy atom. The zero-order chi connectivity index (χ0) is 15.2. The van der Waals surface area contributed by atoms with Gasteiger partial charge in [0.2, 0.25) is 21.7 Å². The van der Waals surface area contributed by atoms with Gasteiger partial charge in [-0.2, -0.15) is 9.29 Å². The van der Waals surface area contributed by atoms with E-state index >= 15 is 0 Å². The van der Waals surface area contributed by atoms with Gasteiger partial charge in [0, 0.05) is 11.6 Å². The maximum atomic E-state index is 12.4. The van der Waals surface area contributed by atoms with Gasteiger partial charge >= 0.3 is 0 Å². The van der Waals surface area contributed by atoms with Gasteiger partial charge in [0.25, 0.3) is 0 Å². The Kier molecular flexibility index (Phi) is 3.27. The Hall–Kier alpha value is -1.73. The third-order valence-electron chi connectivity index (χ3n) is 4.52. The minimum atomic E-state index is -3.21. The lowest BCUT2D eigenvalue weighted by Crippen LogP contribution is -2.44. The highest BCUT2D eigenvalue weighted by Gasteiger charge is 2.43. The second-order valence-corrected chi connectivity index (χ2v) is 8.00. The molecule has 1 aromatic carbocycles. The molecule has 0 radical (unpaired) electrons. The van der Waals surface area contributed by atoms with Crippen LogP contribution in [-0.2, 0) is 16.6 Å². The van der Waals surface area contributed by atoms with Crippen molar-refractivity contribution >= 4 is 10.0 Å². The van der Waals surface area contributed by atoms with Crippen LogP contribution in [0, 0.1) is 5.92 Å². The number of hydrogen-bond donors (Lipinski definition) is 0. The Morgan fingerprint density at radius 1 is 1.23 bits per heavy atom. The summed E-state index contributed by atoms with van der Waals surface area (Å²) in [5, 5.41) is 3.95. The van der Waals surface area contributed by atoms with Crippen LogP contribution in [0.3, 0.4) is 0 Å². The van der Waals surface area contributed by atoms with Crippen molar-refractivity contribution in [1.29, 1.82) is 0 Å². The zero-order valence-corrected chi connectivity index (χ0v) is 12.9. The molecule has 1 saturated carbocycles. The Bertz CT molecular complexity index is 772. The van der Waals surface area contributed by atoms with Crippen molar-refractivity contribution in [2.24, 2.45) is 5.92 Å². The number of hydrogen-bond acceptors (Lipinski definition) is 5. The minimum Gasteiger partial charge on any atom is -0.338 e. The van der Waals surface area contributed by atoms with Crippen LogP contribution in [0.4, 0.5) is 0 Å². The van der Waals surface area contributed by atoms with Gasteiger partial charge in [-0.15, -0.1) is 0 Å². The third-order valence-corrected chi connectivity index (χ3v) is 6.55. The molecule has 2 bridgehead atoms. The molecule has 4 rings (SSSR count). The van der Waals surface area contributed by atoms with E-state index < -0.39 is 10.0 Å². The van der Waals surface area contributed by atoms with Crippen molar-refractivity contribution in [2.75, 3.05) is 5.75 Å². The van der Waals surface area contributed by atoms with E-state index in [-0.39, 0.29) is 18.3 Å². The first-order valence-corrected chi connectivity index (χ1v) is 9.10. The number of rotatable bonds is 3. The van der Waals surface area contributed by atoms with Crippen molar-refractivity contribution in [3.05, 3.63) is 36.2 Å². The van der Waals surface area contributed by atoms with E-state index in [2.05, 4.69) is 10.1 Å². The molecule has 2 fully saturated rings. The molecule has 6 nitrogen and oxygen atoms in total. The van der Waals surface area contributed by atoms with Crippen LogP contribution in [-0.4, -0.2) is 34.7 Å². The summed E-state index contributed by atoms with van der Waals surface area (Å²) in [6.07, 6.45) is 2.89. The summed E-state index contributed by atoms with van der Waals surface area (Å²) >= 11 is 0. The minimum absolute atomic E-state index is 0.0934. The molecule has 2 atom stereocenters. The SMILES string of the molecule is O=S1(=O)C[C@@H]2CC[C@@H](C2)N1Cc1nc(-c2ccccc2)no1. The van der Waals surface area contributed by atoms with Crippen molar-refractivity contribution in [2.45, 2.75) is 31.8 Å². The Morgan fingerprint density at radius 2 is 2.05 bits per heavy atom. The molecule has 7 heteroatoms. The summed E-state index contributed by atoms with van der Waals surface area (Å²) < 4.78 is 31.5. The highest BCUT2D eigenvalue weighted by Crippen LogP contribution is 2.38. The van der Waals surface area contributed by atoms with Crippen molar-refractivity contribution in [3.8, 4) is 11.4 Å². The first kappa shape index (κ1) is 13.9. The van der Waals surface area contributed by atoms with Gasteiger partial charge in [0.15, 0.2) is 0 Å². The van der Waals surface area contributed by atoms with Gasteiger partial charge in [0.05, 0.1) is 12.3 Å². The maximum absolute atomic E-state index is 12.4. The molecule has 1 aromatic heterocycles. The molecule has 1 saturated heterocycles. The van der Waals surface area contributed by atoms with Crippen LogP contribution < -0.4 is 0 Å². The quantitative estimate of drug-likeness (QED) is 0.865. The van der Waals surface area contributed by atoms with Gasteiger partial charge in [-0.25, -0.2) is 8.42 Å². The predicted molar refractivity (Wildman–Crippen MR) is 80.2 cm³/mol. The maximum Gasteiger partial charge on any atom is 0.242 e. The monoisotopic (exact) mass is 319 g/mol. The summed E-state index contributed by atoms with van der Waals surface area (Å²) in [6, 6.07) is 9.61. The van der Waals surface area contributed by atoms with Crippen molar-refractivity contribution in [1.82, 2.24) is 14.4 Å². The molecule has 2 aliphatic rings. The summed E-state index contributed by atoms with van der Waals surface area (Å²) in [5.41, 5.74) is 0.861. The molecular weight excluding hydrogens is 302 g/mol. The molecule has 1 aliphatic heterocycles. The molecule has 0 spiro atoms. The second-order valence-electron chi connectivity index (χ2n) is 6.03. The molecule has 1 aliphatic carbocycles. The summed E-state index contributed by atoms with van der Waals surface area (Å²) in [5.74, 6) is 1.43. The van der Waals surface area contributed by atoms with Gasteiger partial charge in [-0.3, -0.25) is 0 Å². The summed E-state index contributed by atoms with van der Waals surface area (Å²) in [6.45, 7) is 0.180. The number of sulfonamides is 1. The standard InChI is InChI=1S/C15H17N3O3S/c19-22(20)10-11-6-7-13(8-11)18(22)9-14-16-15(17-21-14)12-4-2-1-3-5-12/h1-5,11,13H,6-10H2/t11-,13+/m1/s1. The highest BCUT2D eigenvalue weighted by molar-refractivity contribution is 7.89. The first-order valence-electron chi connectivity index (χ1n) is 7.49. The predicted octanol–water partition coefficient (Wildman–Crippen LogP) is 2.05. The van der Waals surface area contributed by atoms with Gasteiger partial charge in [0.1, 0.15) is 0 Å². The van der Waals surface area contributed by atoms with Gasteiger partial charge in [-0.05, 0) is 25.2 Å². The fourth-order valence-electron chi connectivity index (χ4n) is 3.47. The fourth-order valence-corrected chi connectivity index (χ4v) is 5.51. The zero-order valence-electron chi connectivity index (χ0n) is 12.1. The molecule has 116 valence electrons. The first-order chi connectivity index (χ1) is 10.6. The lowest BCUT2D eigenvalue weighted by Gasteiger charge is -2.31. The van der Waals surface area contributed by atoms with E-state index in [4.69, 9.17) is 4.52 Å². The smallest absolute Gasteiger partial charge is 0.242 e. The number of benzene rings is 1. The second kappa shape index (κ2) is 5.17. The van der Waals surface area contributed by atoms with Crippen LogP contribution in [0.1, 0.15) is 25.2 Å². The largest absolute Gasteiger partial charge is 0.338 e. The molecule has 2 heterocycles. The van der Waals surface area contributed by atoms with Crippen molar-refractivity contribution in [3.63, 3.8) is 0 Å². The number of nitrogens with zero attached hydrogens (tertiary/aromatic N) is 3. The fraction of sp³-hybridized carbons (Fsp3) is 0.467. The number of fused-ring (bicyclic) bond motifs is 2. The topological polar surface area (TPSA) is 76.3 Å². The molecule has 22 heavy (non-hydrogen) atoms. The van der Waals surface area contributed by atoms with E-state index in [9.17, 15) is 8.42 Å². The van der Waals surface area contributed by atoms with Gasteiger partial charge < -0.3 is 4.52 Å². The van der Waals surface area contributed by atoms with E-state index in [1.807, 2.05) is 30.3 Å². The normalized spacial score (nSPS) is 27.1. The van der Waals surface area contributed by atoms with Crippen molar-refractivity contribution < 1.29 is 12.9 Å². The van der Waals surface area contributed by atoms with Gasteiger partial charge in [-0.1, -0.05) is 35.5 Å². The van der Waals surface area contributed by atoms with Crippen LogP contribution in [0.5, 0.6) is 0 Å². The number of aromatic nitrogens is 2. The highest BCUT2D eigenvalue weighted by atomic mass is 32.2. The molecule has 0 amide bonds. The molecule has 0 unspecified atom stereocenters. The van der Waals surface area contributed by atoms with Crippen LogP contribution >= 0.6 is 0 Å². The Balaban J connectivity index is 1.58. The molecule has 2 aromatic rings. The van der Waals surface area contributed by atoms with Crippen LogP contribution in [0.2, 0.25) is 0 Å². The average molecular weight is 319 g/mol.